The van der Waals surface area contributed by atoms with Crippen molar-refractivity contribution in [2.45, 2.75) is 65.7 Å². The Balaban J connectivity index is 2.57. The van der Waals surface area contributed by atoms with Gasteiger partial charge in [-0.3, -0.25) is 4.79 Å². The van der Waals surface area contributed by atoms with E-state index < -0.39 is 0 Å². The van der Waals surface area contributed by atoms with Crippen LogP contribution in [0.2, 0.25) is 0 Å². The van der Waals surface area contributed by atoms with Crippen LogP contribution in [0.5, 0.6) is 0 Å². The van der Waals surface area contributed by atoms with Gasteiger partial charge in [-0.25, -0.2) is 0 Å². The minimum absolute atomic E-state index is 0.172. The van der Waals surface area contributed by atoms with Crippen molar-refractivity contribution in [2.75, 3.05) is 6.54 Å². The van der Waals surface area contributed by atoms with Crippen molar-refractivity contribution in [2.24, 2.45) is 23.0 Å². The van der Waals surface area contributed by atoms with Gasteiger partial charge in [0.2, 0.25) is 0 Å². The molecule has 2 N–H and O–H groups in total. The van der Waals surface area contributed by atoms with Gasteiger partial charge in [-0.2, -0.15) is 0 Å². The Labute approximate surface area is 106 Å². The van der Waals surface area contributed by atoms with Crippen LogP contribution in [0.25, 0.3) is 0 Å². The Kier molecular flexibility index (Phi) is 5.64. The maximum atomic E-state index is 12.5. The molecular formula is C15H29NO. The predicted octanol–water partition coefficient (Wildman–Crippen LogP) is 3.54. The molecule has 1 rings (SSSR count). The molecule has 2 nitrogen and oxygen atoms in total. The van der Waals surface area contributed by atoms with Crippen LogP contribution in [0.15, 0.2) is 0 Å². The zero-order valence-electron chi connectivity index (χ0n) is 11.8. The van der Waals surface area contributed by atoms with Gasteiger partial charge in [0, 0.05) is 18.4 Å². The summed E-state index contributed by atoms with van der Waals surface area (Å²) >= 11 is 0. The molecule has 0 aromatic rings. The zero-order chi connectivity index (χ0) is 12.9. The first-order valence-corrected chi connectivity index (χ1v) is 7.27. The van der Waals surface area contributed by atoms with E-state index in [1.165, 1.54) is 19.3 Å². The molecule has 0 spiro atoms. The molecule has 0 aromatic heterocycles. The van der Waals surface area contributed by atoms with Gasteiger partial charge >= 0.3 is 0 Å². The highest BCUT2D eigenvalue weighted by Crippen LogP contribution is 2.40. The highest BCUT2D eigenvalue weighted by molar-refractivity contribution is 5.85. The Morgan fingerprint density at radius 2 is 2.00 bits per heavy atom. The normalized spacial score (nSPS) is 31.2. The minimum atomic E-state index is -0.172. The minimum Gasteiger partial charge on any atom is -0.329 e. The second kappa shape index (κ2) is 6.53. The molecule has 0 aliphatic heterocycles. The summed E-state index contributed by atoms with van der Waals surface area (Å²) in [5.41, 5.74) is 5.74. The molecule has 100 valence electrons. The lowest BCUT2D eigenvalue weighted by Crippen LogP contribution is -2.42. The van der Waals surface area contributed by atoms with Gasteiger partial charge in [-0.15, -0.1) is 0 Å². The van der Waals surface area contributed by atoms with Gasteiger partial charge in [-0.1, -0.05) is 33.6 Å². The zero-order valence-corrected chi connectivity index (χ0v) is 11.8. The smallest absolute Gasteiger partial charge is 0.140 e. The summed E-state index contributed by atoms with van der Waals surface area (Å²) in [7, 11) is 0. The van der Waals surface area contributed by atoms with Crippen molar-refractivity contribution in [3.8, 4) is 0 Å². The van der Waals surface area contributed by atoms with Gasteiger partial charge in [-0.05, 0) is 37.5 Å². The standard InChI is InChI=1S/C15H29NO/c1-4-5-13(3)10-14(17)15(11-16)8-6-12(2)7-9-15/h12-13H,4-11,16H2,1-3H3. The van der Waals surface area contributed by atoms with Crippen molar-refractivity contribution >= 4 is 5.78 Å². The van der Waals surface area contributed by atoms with E-state index in [0.29, 0.717) is 18.2 Å². The number of Topliss-reactive ketones (excluding diaryl/α,β-unsaturated/α-hetero) is 1. The summed E-state index contributed by atoms with van der Waals surface area (Å²) in [4.78, 5) is 12.5. The lowest BCUT2D eigenvalue weighted by Gasteiger charge is -2.37. The first-order valence-electron chi connectivity index (χ1n) is 7.27. The molecular weight excluding hydrogens is 210 g/mol. The number of hydrogen-bond donors (Lipinski definition) is 1. The van der Waals surface area contributed by atoms with Gasteiger partial charge in [0.15, 0.2) is 0 Å². The van der Waals surface area contributed by atoms with Gasteiger partial charge < -0.3 is 5.73 Å². The molecule has 1 atom stereocenters. The van der Waals surface area contributed by atoms with Crippen molar-refractivity contribution in [3.05, 3.63) is 0 Å². The van der Waals surface area contributed by atoms with E-state index in [-0.39, 0.29) is 5.41 Å². The second-order valence-corrected chi connectivity index (χ2v) is 6.19. The largest absolute Gasteiger partial charge is 0.329 e. The summed E-state index contributed by atoms with van der Waals surface area (Å²) in [5.74, 6) is 1.73. The van der Waals surface area contributed by atoms with Crippen LogP contribution < -0.4 is 5.73 Å². The fourth-order valence-corrected chi connectivity index (χ4v) is 3.04. The van der Waals surface area contributed by atoms with E-state index in [1.54, 1.807) is 0 Å². The van der Waals surface area contributed by atoms with E-state index in [0.717, 1.165) is 31.6 Å². The fourth-order valence-electron chi connectivity index (χ4n) is 3.04. The van der Waals surface area contributed by atoms with Crippen molar-refractivity contribution in [1.82, 2.24) is 0 Å². The Morgan fingerprint density at radius 1 is 1.41 bits per heavy atom. The monoisotopic (exact) mass is 239 g/mol. The predicted molar refractivity (Wildman–Crippen MR) is 72.8 cm³/mol. The molecule has 17 heavy (non-hydrogen) atoms. The number of ketones is 1. The first-order chi connectivity index (χ1) is 8.04. The van der Waals surface area contributed by atoms with Gasteiger partial charge in [0.05, 0.1) is 0 Å². The van der Waals surface area contributed by atoms with E-state index in [4.69, 9.17) is 5.73 Å². The molecule has 1 aliphatic rings. The summed E-state index contributed by atoms with van der Waals surface area (Å²) in [6, 6.07) is 0. The van der Waals surface area contributed by atoms with Crippen LogP contribution in [-0.2, 0) is 4.79 Å². The van der Waals surface area contributed by atoms with Crippen molar-refractivity contribution < 1.29 is 4.79 Å². The number of hydrogen-bond acceptors (Lipinski definition) is 2. The van der Waals surface area contributed by atoms with Crippen LogP contribution in [-0.4, -0.2) is 12.3 Å². The molecule has 0 aromatic carbocycles. The highest BCUT2D eigenvalue weighted by atomic mass is 16.1. The first kappa shape index (κ1) is 14.7. The van der Waals surface area contributed by atoms with Crippen LogP contribution in [0, 0.1) is 17.3 Å². The topological polar surface area (TPSA) is 43.1 Å². The number of carbonyl (C=O) groups excluding carboxylic acids is 1. The summed E-state index contributed by atoms with van der Waals surface area (Å²) in [6.45, 7) is 7.21. The number of rotatable bonds is 6. The van der Waals surface area contributed by atoms with Crippen LogP contribution in [0.4, 0.5) is 0 Å². The van der Waals surface area contributed by atoms with Gasteiger partial charge in [0.1, 0.15) is 5.78 Å². The third kappa shape index (κ3) is 3.80. The van der Waals surface area contributed by atoms with Crippen LogP contribution >= 0.6 is 0 Å². The highest BCUT2D eigenvalue weighted by Gasteiger charge is 2.39. The molecule has 0 amide bonds. The molecule has 0 saturated heterocycles. The fraction of sp³-hybridized carbons (Fsp3) is 0.933. The Bertz CT molecular complexity index is 241. The third-order valence-corrected chi connectivity index (χ3v) is 4.53. The van der Waals surface area contributed by atoms with E-state index >= 15 is 0 Å². The Morgan fingerprint density at radius 3 is 2.47 bits per heavy atom. The van der Waals surface area contributed by atoms with Crippen molar-refractivity contribution in [3.63, 3.8) is 0 Å². The van der Waals surface area contributed by atoms with E-state index in [1.807, 2.05) is 0 Å². The molecule has 1 saturated carbocycles. The lowest BCUT2D eigenvalue weighted by molar-refractivity contribution is -0.131. The second-order valence-electron chi connectivity index (χ2n) is 6.19. The van der Waals surface area contributed by atoms with Crippen LogP contribution in [0.3, 0.4) is 0 Å². The summed E-state index contributed by atoms with van der Waals surface area (Å²) in [5, 5.41) is 0. The van der Waals surface area contributed by atoms with E-state index in [9.17, 15) is 4.79 Å². The third-order valence-electron chi connectivity index (χ3n) is 4.53. The molecule has 2 heteroatoms. The molecule has 0 bridgehead atoms. The van der Waals surface area contributed by atoms with Crippen LogP contribution in [0.1, 0.15) is 65.7 Å². The number of carbonyl (C=O) groups is 1. The summed E-state index contributed by atoms with van der Waals surface area (Å²) in [6.07, 6.45) is 7.43. The average Bonchev–Trinajstić information content (AvgIpc) is 2.30. The quantitative estimate of drug-likeness (QED) is 0.770. The number of nitrogens with two attached hydrogens (primary N) is 1. The SMILES string of the molecule is CCCC(C)CC(=O)C1(CN)CCC(C)CC1. The molecule has 1 unspecified atom stereocenters. The van der Waals surface area contributed by atoms with E-state index in [2.05, 4.69) is 20.8 Å². The molecule has 0 heterocycles. The summed E-state index contributed by atoms with van der Waals surface area (Å²) < 4.78 is 0. The molecule has 0 radical (unpaired) electrons. The lowest BCUT2D eigenvalue weighted by atomic mass is 9.67. The molecule has 1 fully saturated rings. The average molecular weight is 239 g/mol. The molecule has 1 aliphatic carbocycles. The van der Waals surface area contributed by atoms with Gasteiger partial charge in [0.25, 0.3) is 0 Å². The maximum Gasteiger partial charge on any atom is 0.140 e. The van der Waals surface area contributed by atoms with Crippen molar-refractivity contribution in [1.29, 1.82) is 0 Å². The maximum absolute atomic E-state index is 12.5. The Hall–Kier alpha value is -0.370.